The molecule has 25 heavy (non-hydrogen) atoms. The molecule has 0 aliphatic rings. The number of aromatic nitrogens is 2. The molecule has 0 bridgehead atoms. The average molecular weight is 340 g/mol. The third-order valence-electron chi connectivity index (χ3n) is 4.27. The molecule has 1 unspecified atom stereocenters. The third-order valence-corrected chi connectivity index (χ3v) is 4.27. The molecule has 134 valence electrons. The number of nitriles is 1. The third kappa shape index (κ3) is 5.70. The molecule has 0 saturated carbocycles. The van der Waals surface area contributed by atoms with Gasteiger partial charge in [0.1, 0.15) is 0 Å². The van der Waals surface area contributed by atoms with Gasteiger partial charge < -0.3 is 10.4 Å². The summed E-state index contributed by atoms with van der Waals surface area (Å²) in [6.45, 7) is 7.40. The fourth-order valence-corrected chi connectivity index (χ4v) is 2.77. The largest absolute Gasteiger partial charge is 0.389 e. The highest BCUT2D eigenvalue weighted by atomic mass is 16.3. The monoisotopic (exact) mass is 340 g/mol. The van der Waals surface area contributed by atoms with Crippen LogP contribution in [0, 0.1) is 17.2 Å². The summed E-state index contributed by atoms with van der Waals surface area (Å²) >= 11 is 0. The maximum absolute atomic E-state index is 10.5. The van der Waals surface area contributed by atoms with Crippen LogP contribution in [0.5, 0.6) is 0 Å². The Hall–Kier alpha value is -2.16. The van der Waals surface area contributed by atoms with Crippen LogP contribution in [0.25, 0.3) is 11.3 Å². The van der Waals surface area contributed by atoms with E-state index in [2.05, 4.69) is 30.3 Å². The number of hydrogen-bond acceptors (Lipinski definition) is 4. The molecule has 0 spiro atoms. The molecular weight excluding hydrogens is 312 g/mol. The zero-order valence-electron chi connectivity index (χ0n) is 15.6. The molecule has 0 aliphatic carbocycles. The number of rotatable bonds is 8. The van der Waals surface area contributed by atoms with Crippen molar-refractivity contribution in [3.05, 3.63) is 41.6 Å². The molecule has 0 aliphatic heterocycles. The zero-order chi connectivity index (χ0) is 18.4. The van der Waals surface area contributed by atoms with Gasteiger partial charge in [0.25, 0.3) is 0 Å². The molecule has 5 nitrogen and oxygen atoms in total. The summed E-state index contributed by atoms with van der Waals surface area (Å²) < 4.78 is 1.79. The molecule has 2 aromatic rings. The second-order valence-electron chi connectivity index (χ2n) is 7.40. The van der Waals surface area contributed by atoms with Crippen LogP contribution in [-0.2, 0) is 13.6 Å². The number of nitrogens with zero attached hydrogens (tertiary/aromatic N) is 3. The van der Waals surface area contributed by atoms with Gasteiger partial charge >= 0.3 is 0 Å². The molecule has 0 saturated heterocycles. The first kappa shape index (κ1) is 19.2. The minimum atomic E-state index is -0.707. The first-order valence-electron chi connectivity index (χ1n) is 8.77. The molecule has 1 aromatic carbocycles. The van der Waals surface area contributed by atoms with Gasteiger partial charge in [-0.1, -0.05) is 26.0 Å². The maximum Gasteiger partial charge on any atom is 0.0991 e. The second kappa shape index (κ2) is 8.28. The van der Waals surface area contributed by atoms with Crippen molar-refractivity contribution in [2.24, 2.45) is 13.0 Å². The van der Waals surface area contributed by atoms with E-state index >= 15 is 0 Å². The molecule has 5 heteroatoms. The number of aryl methyl sites for hydroxylation is 1. The first-order valence-corrected chi connectivity index (χ1v) is 8.77. The van der Waals surface area contributed by atoms with Gasteiger partial charge in [0.2, 0.25) is 0 Å². The van der Waals surface area contributed by atoms with E-state index in [4.69, 9.17) is 5.26 Å². The minimum Gasteiger partial charge on any atom is -0.389 e. The van der Waals surface area contributed by atoms with Gasteiger partial charge in [0.05, 0.1) is 22.9 Å². The van der Waals surface area contributed by atoms with Crippen LogP contribution < -0.4 is 5.32 Å². The lowest BCUT2D eigenvalue weighted by Crippen LogP contribution is -2.37. The van der Waals surface area contributed by atoms with Gasteiger partial charge in [-0.15, -0.1) is 0 Å². The van der Waals surface area contributed by atoms with Crippen LogP contribution in [0.1, 0.15) is 44.7 Å². The summed E-state index contributed by atoms with van der Waals surface area (Å²) in [6, 6.07) is 9.58. The van der Waals surface area contributed by atoms with Gasteiger partial charge in [-0.3, -0.25) is 4.68 Å². The van der Waals surface area contributed by atoms with Crippen LogP contribution >= 0.6 is 0 Å². The van der Waals surface area contributed by atoms with Crippen LogP contribution in [-0.4, -0.2) is 27.0 Å². The summed E-state index contributed by atoms with van der Waals surface area (Å²) in [5.41, 5.74) is 2.90. The van der Waals surface area contributed by atoms with Crippen molar-refractivity contribution in [2.45, 2.75) is 45.8 Å². The van der Waals surface area contributed by atoms with Crippen molar-refractivity contribution in [3.63, 3.8) is 0 Å². The van der Waals surface area contributed by atoms with Crippen molar-refractivity contribution in [2.75, 3.05) is 6.54 Å². The lowest BCUT2D eigenvalue weighted by atomic mass is 9.95. The number of benzene rings is 1. The van der Waals surface area contributed by atoms with Crippen molar-refractivity contribution in [3.8, 4) is 17.3 Å². The summed E-state index contributed by atoms with van der Waals surface area (Å²) in [7, 11) is 1.90. The number of nitrogens with one attached hydrogen (secondary N) is 1. The maximum atomic E-state index is 10.5. The first-order chi connectivity index (χ1) is 11.8. The van der Waals surface area contributed by atoms with E-state index in [1.165, 1.54) is 0 Å². The van der Waals surface area contributed by atoms with Gasteiger partial charge in [0.15, 0.2) is 0 Å². The fourth-order valence-electron chi connectivity index (χ4n) is 2.77. The highest BCUT2D eigenvalue weighted by Crippen LogP contribution is 2.22. The Morgan fingerprint density at radius 2 is 2.00 bits per heavy atom. The molecule has 0 fully saturated rings. The van der Waals surface area contributed by atoms with E-state index in [-0.39, 0.29) is 0 Å². The lowest BCUT2D eigenvalue weighted by Gasteiger charge is -2.24. The Labute approximate surface area is 150 Å². The molecule has 2 rings (SSSR count). The standard InChI is InChI=1S/C20H28N4O/c1-15(2)9-10-20(3,25)14-22-12-18-13-24(4)23-19(18)17-7-5-16(11-21)6-8-17/h5-8,13,15,22,25H,9-10,12,14H2,1-4H3. The van der Waals surface area contributed by atoms with E-state index in [0.717, 1.165) is 29.7 Å². The van der Waals surface area contributed by atoms with Crippen molar-refractivity contribution >= 4 is 0 Å². The fraction of sp³-hybridized carbons (Fsp3) is 0.500. The Bertz CT molecular complexity index is 723. The van der Waals surface area contributed by atoms with Gasteiger partial charge in [-0.2, -0.15) is 10.4 Å². The second-order valence-corrected chi connectivity index (χ2v) is 7.40. The molecule has 1 aromatic heterocycles. The number of aliphatic hydroxyl groups is 1. The van der Waals surface area contributed by atoms with E-state index in [0.29, 0.717) is 24.6 Å². The van der Waals surface area contributed by atoms with E-state index < -0.39 is 5.60 Å². The van der Waals surface area contributed by atoms with E-state index in [9.17, 15) is 5.11 Å². The molecule has 2 N–H and O–H groups in total. The Morgan fingerprint density at radius 1 is 1.32 bits per heavy atom. The predicted molar refractivity (Wildman–Crippen MR) is 99.8 cm³/mol. The SMILES string of the molecule is CC(C)CCC(C)(O)CNCc1cn(C)nc1-c1ccc(C#N)cc1. The van der Waals surface area contributed by atoms with Crippen molar-refractivity contribution in [1.29, 1.82) is 5.26 Å². The van der Waals surface area contributed by atoms with Crippen molar-refractivity contribution in [1.82, 2.24) is 15.1 Å². The van der Waals surface area contributed by atoms with E-state index in [1.54, 1.807) is 16.8 Å². The smallest absolute Gasteiger partial charge is 0.0991 e. The quantitative estimate of drug-likeness (QED) is 0.774. The lowest BCUT2D eigenvalue weighted by molar-refractivity contribution is 0.0451. The van der Waals surface area contributed by atoms with Crippen LogP contribution in [0.15, 0.2) is 30.5 Å². The summed E-state index contributed by atoms with van der Waals surface area (Å²) in [5.74, 6) is 0.591. The summed E-state index contributed by atoms with van der Waals surface area (Å²) in [6.07, 6.45) is 3.79. The number of hydrogen-bond donors (Lipinski definition) is 2. The van der Waals surface area contributed by atoms with Crippen LogP contribution in [0.2, 0.25) is 0 Å². The average Bonchev–Trinajstić information content (AvgIpc) is 2.94. The normalized spacial score (nSPS) is 13.6. The zero-order valence-corrected chi connectivity index (χ0v) is 15.6. The molecule has 0 radical (unpaired) electrons. The minimum absolute atomic E-state index is 0.543. The Morgan fingerprint density at radius 3 is 2.60 bits per heavy atom. The van der Waals surface area contributed by atoms with Gasteiger partial charge in [-0.25, -0.2) is 0 Å². The topological polar surface area (TPSA) is 73.9 Å². The summed E-state index contributed by atoms with van der Waals surface area (Å²) in [5, 5.41) is 27.3. The van der Waals surface area contributed by atoms with Crippen LogP contribution in [0.4, 0.5) is 0 Å². The highest BCUT2D eigenvalue weighted by Gasteiger charge is 2.20. The molecular formula is C20H28N4O. The van der Waals surface area contributed by atoms with Gasteiger partial charge in [-0.05, 0) is 37.8 Å². The van der Waals surface area contributed by atoms with Crippen LogP contribution in [0.3, 0.4) is 0 Å². The summed E-state index contributed by atoms with van der Waals surface area (Å²) in [4.78, 5) is 0. The van der Waals surface area contributed by atoms with Crippen molar-refractivity contribution < 1.29 is 5.11 Å². The predicted octanol–water partition coefficient (Wildman–Crippen LogP) is 3.24. The Kier molecular flexibility index (Phi) is 6.35. The molecule has 0 amide bonds. The van der Waals surface area contributed by atoms with E-state index in [1.807, 2.05) is 32.3 Å². The highest BCUT2D eigenvalue weighted by molar-refractivity contribution is 5.63. The molecule has 1 atom stereocenters. The molecule has 1 heterocycles. The van der Waals surface area contributed by atoms with Gasteiger partial charge in [0, 0.05) is 37.5 Å². The Balaban J connectivity index is 2.02.